The molecule has 1 aliphatic rings. The Kier molecular flexibility index (Phi) is 6.04. The van der Waals surface area contributed by atoms with Crippen LogP contribution in [-0.4, -0.2) is 16.3 Å². The predicted molar refractivity (Wildman–Crippen MR) is 74.8 cm³/mol. The molecule has 0 aliphatic heterocycles. The molecule has 3 nitrogen and oxygen atoms in total. The molecule has 0 saturated heterocycles. The first-order valence-corrected chi connectivity index (χ1v) is 6.51. The zero-order valence-electron chi connectivity index (χ0n) is 10.8. The molecular weight excluding hydrogens is 269 g/mol. The molecule has 0 bridgehead atoms. The Morgan fingerprint density at radius 2 is 1.84 bits per heavy atom. The van der Waals surface area contributed by atoms with Gasteiger partial charge in [-0.1, -0.05) is 25.3 Å². The molecule has 4 N–H and O–H groups in total. The van der Waals surface area contributed by atoms with Crippen LogP contribution in [0.3, 0.4) is 0 Å². The van der Waals surface area contributed by atoms with E-state index in [0.717, 1.165) is 25.7 Å². The Morgan fingerprint density at radius 1 is 1.21 bits per heavy atom. The highest BCUT2D eigenvalue weighted by atomic mass is 35.5. The van der Waals surface area contributed by atoms with Gasteiger partial charge in [0.05, 0.1) is 12.1 Å². The Balaban J connectivity index is 0.00000180. The number of phenols is 1. The van der Waals surface area contributed by atoms with E-state index in [1.165, 1.54) is 18.6 Å². The maximum Gasteiger partial charge on any atom is 0.165 e. The van der Waals surface area contributed by atoms with Crippen LogP contribution in [0, 0.1) is 11.7 Å². The van der Waals surface area contributed by atoms with Crippen LogP contribution >= 0.6 is 12.4 Å². The van der Waals surface area contributed by atoms with Crippen LogP contribution in [0.1, 0.15) is 43.7 Å². The SMILES string of the molecule is Cl.N[C@@H](c1ccc(O)c(F)c1)[C@H](O)C1CCCCC1. The van der Waals surface area contributed by atoms with Gasteiger partial charge in [-0.3, -0.25) is 0 Å². The van der Waals surface area contributed by atoms with E-state index in [9.17, 15) is 9.50 Å². The monoisotopic (exact) mass is 289 g/mol. The summed E-state index contributed by atoms with van der Waals surface area (Å²) in [6.45, 7) is 0. The topological polar surface area (TPSA) is 66.5 Å². The van der Waals surface area contributed by atoms with E-state index >= 15 is 0 Å². The third kappa shape index (κ3) is 3.81. The molecule has 1 fully saturated rings. The quantitative estimate of drug-likeness (QED) is 0.801. The van der Waals surface area contributed by atoms with Crippen molar-refractivity contribution < 1.29 is 14.6 Å². The Bertz CT molecular complexity index is 410. The van der Waals surface area contributed by atoms with Gasteiger partial charge in [-0.05, 0) is 36.5 Å². The number of hydrogen-bond acceptors (Lipinski definition) is 3. The van der Waals surface area contributed by atoms with Gasteiger partial charge in [0, 0.05) is 0 Å². The van der Waals surface area contributed by atoms with Gasteiger partial charge in [0.1, 0.15) is 0 Å². The summed E-state index contributed by atoms with van der Waals surface area (Å²) >= 11 is 0. The number of nitrogens with two attached hydrogens (primary N) is 1. The summed E-state index contributed by atoms with van der Waals surface area (Å²) in [6, 6.07) is 3.45. The van der Waals surface area contributed by atoms with Gasteiger partial charge in [-0.2, -0.15) is 0 Å². The van der Waals surface area contributed by atoms with Crippen molar-refractivity contribution in [3.63, 3.8) is 0 Å². The molecule has 19 heavy (non-hydrogen) atoms. The van der Waals surface area contributed by atoms with Crippen molar-refractivity contribution in [2.24, 2.45) is 11.7 Å². The molecule has 0 spiro atoms. The third-order valence-electron chi connectivity index (χ3n) is 3.86. The fraction of sp³-hybridized carbons (Fsp3) is 0.571. The van der Waals surface area contributed by atoms with E-state index in [0.29, 0.717) is 5.56 Å². The lowest BCUT2D eigenvalue weighted by Crippen LogP contribution is -2.34. The first kappa shape index (κ1) is 16.2. The van der Waals surface area contributed by atoms with E-state index in [1.807, 2.05) is 0 Å². The lowest BCUT2D eigenvalue weighted by Gasteiger charge is -2.30. The summed E-state index contributed by atoms with van der Waals surface area (Å²) < 4.78 is 13.3. The number of halogens is 2. The van der Waals surface area contributed by atoms with Crippen molar-refractivity contribution in [3.05, 3.63) is 29.6 Å². The minimum Gasteiger partial charge on any atom is -0.505 e. The van der Waals surface area contributed by atoms with Crippen LogP contribution in [0.25, 0.3) is 0 Å². The fourth-order valence-electron chi connectivity index (χ4n) is 2.70. The van der Waals surface area contributed by atoms with E-state index in [-0.39, 0.29) is 18.3 Å². The molecule has 0 aromatic heterocycles. The number of phenolic OH excluding ortho intramolecular Hbond substituents is 1. The first-order chi connectivity index (χ1) is 8.59. The van der Waals surface area contributed by atoms with Crippen LogP contribution in [-0.2, 0) is 0 Å². The molecule has 1 aliphatic carbocycles. The normalized spacial score (nSPS) is 19.5. The lowest BCUT2D eigenvalue weighted by molar-refractivity contribution is 0.0617. The molecule has 1 aromatic rings. The molecule has 2 rings (SSSR count). The summed E-state index contributed by atoms with van der Waals surface area (Å²) in [5, 5.41) is 19.4. The number of benzene rings is 1. The van der Waals surface area contributed by atoms with Gasteiger partial charge >= 0.3 is 0 Å². The largest absolute Gasteiger partial charge is 0.505 e. The second kappa shape index (κ2) is 7.08. The number of aliphatic hydroxyl groups excluding tert-OH is 1. The minimum absolute atomic E-state index is 0. The van der Waals surface area contributed by atoms with Crippen molar-refractivity contribution in [3.8, 4) is 5.75 Å². The van der Waals surface area contributed by atoms with Crippen molar-refractivity contribution in [1.82, 2.24) is 0 Å². The van der Waals surface area contributed by atoms with Gasteiger partial charge in [0.2, 0.25) is 0 Å². The molecule has 108 valence electrons. The fourth-order valence-corrected chi connectivity index (χ4v) is 2.70. The number of hydrogen-bond donors (Lipinski definition) is 3. The van der Waals surface area contributed by atoms with E-state index in [1.54, 1.807) is 6.07 Å². The van der Waals surface area contributed by atoms with Gasteiger partial charge < -0.3 is 15.9 Å². The minimum atomic E-state index is -0.696. The van der Waals surface area contributed by atoms with Crippen molar-refractivity contribution in [2.45, 2.75) is 44.2 Å². The van der Waals surface area contributed by atoms with Crippen molar-refractivity contribution in [2.75, 3.05) is 0 Å². The van der Waals surface area contributed by atoms with Gasteiger partial charge in [-0.15, -0.1) is 12.4 Å². The van der Waals surface area contributed by atoms with Gasteiger partial charge in [-0.25, -0.2) is 4.39 Å². The molecule has 1 aromatic carbocycles. The highest BCUT2D eigenvalue weighted by Crippen LogP contribution is 2.32. The molecule has 1 saturated carbocycles. The molecule has 5 heteroatoms. The van der Waals surface area contributed by atoms with Crippen LogP contribution < -0.4 is 5.73 Å². The maximum atomic E-state index is 13.3. The smallest absolute Gasteiger partial charge is 0.165 e. The molecular formula is C14H21ClFNO2. The average molecular weight is 290 g/mol. The second-order valence-electron chi connectivity index (χ2n) is 5.13. The Hall–Kier alpha value is -0.840. The highest BCUT2D eigenvalue weighted by molar-refractivity contribution is 5.85. The van der Waals surface area contributed by atoms with Crippen LogP contribution in [0.5, 0.6) is 5.75 Å². The molecule has 2 atom stereocenters. The van der Waals surface area contributed by atoms with Crippen LogP contribution in [0.4, 0.5) is 4.39 Å². The average Bonchev–Trinajstić information content (AvgIpc) is 2.41. The molecule has 0 heterocycles. The molecule has 0 unspecified atom stereocenters. The molecule has 0 amide bonds. The second-order valence-corrected chi connectivity index (χ2v) is 5.13. The molecule has 0 radical (unpaired) electrons. The van der Waals surface area contributed by atoms with E-state index in [4.69, 9.17) is 10.8 Å². The zero-order chi connectivity index (χ0) is 13.1. The standard InChI is InChI=1S/C14H20FNO2.ClH/c15-11-8-10(6-7-12(11)17)13(16)14(18)9-4-2-1-3-5-9;/h6-9,13-14,17-18H,1-5,16H2;1H/t13-,14+;/m0./s1. The lowest BCUT2D eigenvalue weighted by atomic mass is 9.81. The van der Waals surface area contributed by atoms with E-state index < -0.39 is 23.7 Å². The van der Waals surface area contributed by atoms with Gasteiger partial charge in [0.15, 0.2) is 11.6 Å². The number of aromatic hydroxyl groups is 1. The third-order valence-corrected chi connectivity index (χ3v) is 3.86. The number of rotatable bonds is 3. The van der Waals surface area contributed by atoms with Crippen molar-refractivity contribution >= 4 is 12.4 Å². The first-order valence-electron chi connectivity index (χ1n) is 6.51. The summed E-state index contributed by atoms with van der Waals surface area (Å²) in [6.07, 6.45) is 4.78. The number of aliphatic hydroxyl groups is 1. The zero-order valence-corrected chi connectivity index (χ0v) is 11.6. The summed E-state index contributed by atoms with van der Waals surface area (Å²) in [5.74, 6) is -0.887. The predicted octanol–water partition coefficient (Wildman–Crippen LogP) is 2.89. The Labute approximate surface area is 119 Å². The Morgan fingerprint density at radius 3 is 2.42 bits per heavy atom. The van der Waals surface area contributed by atoms with Crippen LogP contribution in [0.15, 0.2) is 18.2 Å². The van der Waals surface area contributed by atoms with Gasteiger partial charge in [0.25, 0.3) is 0 Å². The van der Waals surface area contributed by atoms with Crippen LogP contribution in [0.2, 0.25) is 0 Å². The maximum absolute atomic E-state index is 13.3. The van der Waals surface area contributed by atoms with Crippen molar-refractivity contribution in [1.29, 1.82) is 0 Å². The highest BCUT2D eigenvalue weighted by Gasteiger charge is 2.27. The summed E-state index contributed by atoms with van der Waals surface area (Å²) in [5.41, 5.74) is 6.52. The van der Waals surface area contributed by atoms with E-state index in [2.05, 4.69) is 0 Å². The summed E-state index contributed by atoms with van der Waals surface area (Å²) in [7, 11) is 0. The summed E-state index contributed by atoms with van der Waals surface area (Å²) in [4.78, 5) is 0.